The van der Waals surface area contributed by atoms with Crippen LogP contribution in [0.3, 0.4) is 0 Å². The number of nitrogens with zero attached hydrogens (tertiary/aromatic N) is 3. The summed E-state index contributed by atoms with van der Waals surface area (Å²) in [6.45, 7) is 1.83. The maximum Gasteiger partial charge on any atom is 0.573 e. The van der Waals surface area contributed by atoms with Crippen molar-refractivity contribution >= 4 is 17.2 Å². The first-order chi connectivity index (χ1) is 10.4. The van der Waals surface area contributed by atoms with Crippen LogP contribution in [0.15, 0.2) is 42.6 Å². The minimum atomic E-state index is -4.72. The highest BCUT2D eigenvalue weighted by Crippen LogP contribution is 2.26. The molecule has 0 aliphatic heterocycles. The zero-order chi connectivity index (χ0) is 15.7. The summed E-state index contributed by atoms with van der Waals surface area (Å²) in [7, 11) is 0. The van der Waals surface area contributed by atoms with Crippen LogP contribution in [0.25, 0.3) is 5.65 Å². The van der Waals surface area contributed by atoms with Crippen molar-refractivity contribution in [3.8, 4) is 5.75 Å². The quantitative estimate of drug-likeness (QED) is 0.802. The van der Waals surface area contributed by atoms with Gasteiger partial charge in [0.25, 0.3) is 0 Å². The molecule has 0 bridgehead atoms. The highest BCUT2D eigenvalue weighted by Gasteiger charge is 2.31. The monoisotopic (exact) mass is 308 g/mol. The van der Waals surface area contributed by atoms with E-state index < -0.39 is 6.36 Å². The van der Waals surface area contributed by atoms with Gasteiger partial charge >= 0.3 is 6.36 Å². The van der Waals surface area contributed by atoms with Gasteiger partial charge in [0, 0.05) is 24.0 Å². The van der Waals surface area contributed by atoms with Crippen molar-refractivity contribution in [1.29, 1.82) is 0 Å². The summed E-state index contributed by atoms with van der Waals surface area (Å²) in [6.07, 6.45) is -3.13. The zero-order valence-electron chi connectivity index (χ0n) is 11.4. The SMILES string of the molecule is Cc1cc2nccc(Nc3cccc(OC(F)(F)F)c3)n2n1. The Bertz CT molecular complexity index is 813. The smallest absolute Gasteiger partial charge is 0.406 e. The predicted octanol–water partition coefficient (Wildman–Crippen LogP) is 3.68. The van der Waals surface area contributed by atoms with E-state index in [1.165, 1.54) is 18.2 Å². The first-order valence-electron chi connectivity index (χ1n) is 6.35. The Labute approximate surface area is 123 Å². The number of halogens is 3. The van der Waals surface area contributed by atoms with E-state index in [-0.39, 0.29) is 5.75 Å². The van der Waals surface area contributed by atoms with Gasteiger partial charge in [0.1, 0.15) is 11.6 Å². The lowest BCUT2D eigenvalue weighted by Gasteiger charge is -2.11. The number of anilines is 2. The maximum absolute atomic E-state index is 12.2. The molecule has 1 N–H and O–H groups in total. The summed E-state index contributed by atoms with van der Waals surface area (Å²) in [4.78, 5) is 4.16. The van der Waals surface area contributed by atoms with E-state index in [2.05, 4.69) is 20.1 Å². The molecule has 0 aliphatic rings. The van der Waals surface area contributed by atoms with E-state index in [0.29, 0.717) is 17.2 Å². The van der Waals surface area contributed by atoms with Gasteiger partial charge in [0.2, 0.25) is 0 Å². The van der Waals surface area contributed by atoms with Gasteiger partial charge in [-0.15, -0.1) is 13.2 Å². The highest BCUT2D eigenvalue weighted by atomic mass is 19.4. The minimum Gasteiger partial charge on any atom is -0.406 e. The summed E-state index contributed by atoms with van der Waals surface area (Å²) in [5.74, 6) is 0.293. The van der Waals surface area contributed by atoms with E-state index >= 15 is 0 Å². The third kappa shape index (κ3) is 3.11. The molecule has 22 heavy (non-hydrogen) atoms. The first-order valence-corrected chi connectivity index (χ1v) is 6.35. The summed E-state index contributed by atoms with van der Waals surface area (Å²) < 4.78 is 42.2. The van der Waals surface area contributed by atoms with Gasteiger partial charge in [-0.25, -0.2) is 4.98 Å². The lowest BCUT2D eigenvalue weighted by atomic mass is 10.3. The van der Waals surface area contributed by atoms with Gasteiger partial charge in [-0.05, 0) is 25.1 Å². The van der Waals surface area contributed by atoms with Gasteiger partial charge in [-0.1, -0.05) is 6.07 Å². The highest BCUT2D eigenvalue weighted by molar-refractivity contribution is 5.60. The van der Waals surface area contributed by atoms with Crippen molar-refractivity contribution in [3.05, 3.63) is 48.3 Å². The molecule has 0 aliphatic carbocycles. The number of aromatic nitrogens is 3. The summed E-state index contributed by atoms with van der Waals surface area (Å²) in [6, 6.07) is 9.07. The van der Waals surface area contributed by atoms with Crippen LogP contribution in [0.1, 0.15) is 5.69 Å². The molecule has 0 atom stereocenters. The molecule has 3 rings (SSSR count). The number of fused-ring (bicyclic) bond motifs is 1. The number of hydrogen-bond acceptors (Lipinski definition) is 4. The number of hydrogen-bond donors (Lipinski definition) is 1. The Morgan fingerprint density at radius 2 is 2.00 bits per heavy atom. The van der Waals surface area contributed by atoms with E-state index in [1.54, 1.807) is 28.9 Å². The molecule has 2 heterocycles. The molecule has 1 aromatic carbocycles. The molecular formula is C14H11F3N4O. The standard InChI is InChI=1S/C14H11F3N4O/c1-9-7-13-18-6-5-12(21(13)20-9)19-10-3-2-4-11(8-10)22-14(15,16)17/h2-8,19H,1H3. The molecule has 0 saturated heterocycles. The normalized spacial score (nSPS) is 11.6. The third-order valence-electron chi connectivity index (χ3n) is 2.82. The fraction of sp³-hybridized carbons (Fsp3) is 0.143. The van der Waals surface area contributed by atoms with Crippen LogP contribution in [0.4, 0.5) is 24.7 Å². The molecule has 0 fully saturated rings. The van der Waals surface area contributed by atoms with Crippen molar-refractivity contribution in [2.45, 2.75) is 13.3 Å². The largest absolute Gasteiger partial charge is 0.573 e. The Hall–Kier alpha value is -2.77. The molecule has 0 amide bonds. The number of nitrogens with one attached hydrogen (secondary N) is 1. The lowest BCUT2D eigenvalue weighted by molar-refractivity contribution is -0.274. The van der Waals surface area contributed by atoms with Crippen molar-refractivity contribution in [2.75, 3.05) is 5.32 Å². The van der Waals surface area contributed by atoms with Crippen molar-refractivity contribution in [1.82, 2.24) is 14.6 Å². The number of rotatable bonds is 3. The number of aryl methyl sites for hydroxylation is 1. The second-order valence-corrected chi connectivity index (χ2v) is 4.59. The second-order valence-electron chi connectivity index (χ2n) is 4.59. The molecular weight excluding hydrogens is 297 g/mol. The Morgan fingerprint density at radius 1 is 1.18 bits per heavy atom. The summed E-state index contributed by atoms with van der Waals surface area (Å²) >= 11 is 0. The van der Waals surface area contributed by atoms with E-state index in [4.69, 9.17) is 0 Å². The molecule has 3 aromatic rings. The molecule has 114 valence electrons. The summed E-state index contributed by atoms with van der Waals surface area (Å²) in [5, 5.41) is 7.27. The number of alkyl halides is 3. The Kier molecular flexibility index (Phi) is 3.36. The van der Waals surface area contributed by atoms with Crippen LogP contribution in [0.5, 0.6) is 5.75 Å². The number of ether oxygens (including phenoxy) is 1. The van der Waals surface area contributed by atoms with Gasteiger partial charge < -0.3 is 10.1 Å². The number of benzene rings is 1. The van der Waals surface area contributed by atoms with Gasteiger partial charge in [-0.3, -0.25) is 0 Å². The average molecular weight is 308 g/mol. The van der Waals surface area contributed by atoms with E-state index in [9.17, 15) is 13.2 Å². The minimum absolute atomic E-state index is 0.292. The van der Waals surface area contributed by atoms with E-state index in [1.807, 2.05) is 6.92 Å². The molecule has 0 saturated carbocycles. The fourth-order valence-electron chi connectivity index (χ4n) is 2.02. The average Bonchev–Trinajstić information content (AvgIpc) is 2.78. The first kappa shape index (κ1) is 14.2. The van der Waals surface area contributed by atoms with Crippen LogP contribution in [0, 0.1) is 6.92 Å². The Morgan fingerprint density at radius 3 is 2.77 bits per heavy atom. The second kappa shape index (κ2) is 5.21. The molecule has 8 heteroatoms. The van der Waals surface area contributed by atoms with E-state index in [0.717, 1.165) is 5.69 Å². The van der Waals surface area contributed by atoms with Crippen molar-refractivity contribution in [3.63, 3.8) is 0 Å². The zero-order valence-corrected chi connectivity index (χ0v) is 11.4. The molecule has 2 aromatic heterocycles. The molecule has 0 radical (unpaired) electrons. The fourth-order valence-corrected chi connectivity index (χ4v) is 2.02. The Balaban J connectivity index is 1.90. The molecule has 0 unspecified atom stereocenters. The van der Waals surface area contributed by atoms with Crippen molar-refractivity contribution in [2.24, 2.45) is 0 Å². The van der Waals surface area contributed by atoms with Crippen molar-refractivity contribution < 1.29 is 17.9 Å². The van der Waals surface area contributed by atoms with Gasteiger partial charge in [0.05, 0.1) is 5.69 Å². The van der Waals surface area contributed by atoms with Crippen LogP contribution in [0.2, 0.25) is 0 Å². The van der Waals surface area contributed by atoms with Crippen LogP contribution >= 0.6 is 0 Å². The molecule has 5 nitrogen and oxygen atoms in total. The lowest BCUT2D eigenvalue weighted by Crippen LogP contribution is -2.17. The molecule has 0 spiro atoms. The predicted molar refractivity (Wildman–Crippen MR) is 74.1 cm³/mol. The topological polar surface area (TPSA) is 51.5 Å². The third-order valence-corrected chi connectivity index (χ3v) is 2.82. The van der Waals surface area contributed by atoms with Gasteiger partial charge in [-0.2, -0.15) is 9.61 Å². The van der Waals surface area contributed by atoms with Crippen LogP contribution in [-0.2, 0) is 0 Å². The maximum atomic E-state index is 12.2. The van der Waals surface area contributed by atoms with Crippen LogP contribution < -0.4 is 10.1 Å². The van der Waals surface area contributed by atoms with Gasteiger partial charge in [0.15, 0.2) is 5.65 Å². The van der Waals surface area contributed by atoms with Crippen LogP contribution in [-0.4, -0.2) is 21.0 Å². The summed E-state index contributed by atoms with van der Waals surface area (Å²) in [5.41, 5.74) is 1.88.